The van der Waals surface area contributed by atoms with Gasteiger partial charge in [0.15, 0.2) is 0 Å². The minimum Gasteiger partial charge on any atom is -0.379 e. The lowest BCUT2D eigenvalue weighted by Crippen LogP contribution is -2.35. The summed E-state index contributed by atoms with van der Waals surface area (Å²) in [6.45, 7) is 5.32. The molecule has 1 rings (SSSR count). The molecule has 0 atom stereocenters. The van der Waals surface area contributed by atoms with Gasteiger partial charge in [0.2, 0.25) is 5.91 Å². The molecule has 1 amide bonds. The lowest BCUT2D eigenvalue weighted by atomic mass is 10.5. The van der Waals surface area contributed by atoms with Crippen LogP contribution in [0, 0.1) is 5.92 Å². The van der Waals surface area contributed by atoms with Crippen LogP contribution < -0.4 is 10.6 Å². The van der Waals surface area contributed by atoms with Gasteiger partial charge in [-0.3, -0.25) is 4.79 Å². The van der Waals surface area contributed by atoms with E-state index in [-0.39, 0.29) is 5.91 Å². The van der Waals surface area contributed by atoms with E-state index in [9.17, 15) is 4.79 Å². The zero-order valence-corrected chi connectivity index (χ0v) is 8.84. The molecule has 0 aromatic heterocycles. The Morgan fingerprint density at radius 2 is 2.29 bits per heavy atom. The molecule has 0 bridgehead atoms. The zero-order chi connectivity index (χ0) is 10.2. The van der Waals surface area contributed by atoms with Crippen LogP contribution in [0.2, 0.25) is 0 Å². The van der Waals surface area contributed by atoms with Gasteiger partial charge in [-0.1, -0.05) is 6.92 Å². The molecule has 1 aliphatic rings. The molecule has 0 heterocycles. The highest BCUT2D eigenvalue weighted by Gasteiger charge is 2.20. The average molecular weight is 200 g/mol. The smallest absolute Gasteiger partial charge is 0.234 e. The van der Waals surface area contributed by atoms with Crippen LogP contribution in [0.4, 0.5) is 0 Å². The van der Waals surface area contributed by atoms with Crippen LogP contribution in [0.25, 0.3) is 0 Å². The molecule has 1 saturated carbocycles. The summed E-state index contributed by atoms with van der Waals surface area (Å²) in [6, 6.07) is 0. The van der Waals surface area contributed by atoms with Gasteiger partial charge in [-0.15, -0.1) is 0 Å². The maximum atomic E-state index is 11.1. The van der Waals surface area contributed by atoms with Crippen LogP contribution in [-0.4, -0.2) is 38.8 Å². The third-order valence-corrected chi connectivity index (χ3v) is 2.15. The molecule has 2 N–H and O–H groups in total. The summed E-state index contributed by atoms with van der Waals surface area (Å²) < 4.78 is 5.38. The van der Waals surface area contributed by atoms with Gasteiger partial charge in [0.25, 0.3) is 0 Å². The fourth-order valence-corrected chi connectivity index (χ4v) is 1.10. The molecule has 0 radical (unpaired) electrons. The third kappa shape index (κ3) is 5.94. The van der Waals surface area contributed by atoms with Crippen molar-refractivity contribution in [1.82, 2.24) is 10.6 Å². The molecule has 14 heavy (non-hydrogen) atoms. The van der Waals surface area contributed by atoms with Gasteiger partial charge in [0.1, 0.15) is 0 Å². The van der Waals surface area contributed by atoms with E-state index in [4.69, 9.17) is 4.74 Å². The van der Waals surface area contributed by atoms with Crippen molar-refractivity contribution >= 4 is 5.91 Å². The Hall–Kier alpha value is -0.610. The first-order valence-electron chi connectivity index (χ1n) is 5.38. The van der Waals surface area contributed by atoms with Gasteiger partial charge in [-0.2, -0.15) is 0 Å². The highest BCUT2D eigenvalue weighted by molar-refractivity contribution is 5.77. The van der Waals surface area contributed by atoms with Crippen molar-refractivity contribution in [3.8, 4) is 0 Å². The van der Waals surface area contributed by atoms with E-state index in [2.05, 4.69) is 10.6 Å². The van der Waals surface area contributed by atoms with Gasteiger partial charge in [0.05, 0.1) is 13.2 Å². The number of rotatable bonds is 8. The van der Waals surface area contributed by atoms with Crippen LogP contribution in [0.3, 0.4) is 0 Å². The molecule has 1 fully saturated rings. The molecule has 82 valence electrons. The predicted molar refractivity (Wildman–Crippen MR) is 55.1 cm³/mol. The summed E-state index contributed by atoms with van der Waals surface area (Å²) in [7, 11) is 0. The number of amides is 1. The number of ether oxygens (including phenoxy) is 1. The van der Waals surface area contributed by atoms with Crippen LogP contribution in [0.15, 0.2) is 0 Å². The maximum absolute atomic E-state index is 11.1. The monoisotopic (exact) mass is 200 g/mol. The highest BCUT2D eigenvalue weighted by atomic mass is 16.5. The van der Waals surface area contributed by atoms with Gasteiger partial charge in [-0.25, -0.2) is 0 Å². The quantitative estimate of drug-likeness (QED) is 0.548. The van der Waals surface area contributed by atoms with Crippen LogP contribution >= 0.6 is 0 Å². The Morgan fingerprint density at radius 3 is 2.93 bits per heavy atom. The number of nitrogens with one attached hydrogen (secondary N) is 2. The molecule has 0 unspecified atom stereocenters. The molecule has 0 aromatic rings. The molecule has 4 heteroatoms. The second-order valence-corrected chi connectivity index (χ2v) is 3.65. The Balaban J connectivity index is 1.79. The fourth-order valence-electron chi connectivity index (χ4n) is 1.10. The zero-order valence-electron chi connectivity index (χ0n) is 8.84. The minimum atomic E-state index is 0.0434. The van der Waals surface area contributed by atoms with Crippen LogP contribution in [-0.2, 0) is 9.53 Å². The Kier molecular flexibility index (Phi) is 5.56. The third-order valence-electron chi connectivity index (χ3n) is 2.15. The maximum Gasteiger partial charge on any atom is 0.234 e. The normalized spacial score (nSPS) is 15.5. The predicted octanol–water partition coefficient (Wildman–Crippen LogP) is 0.139. The second-order valence-electron chi connectivity index (χ2n) is 3.65. The van der Waals surface area contributed by atoms with Crippen molar-refractivity contribution in [2.75, 3.05) is 32.8 Å². The topological polar surface area (TPSA) is 50.4 Å². The van der Waals surface area contributed by atoms with E-state index < -0.39 is 0 Å². The summed E-state index contributed by atoms with van der Waals surface area (Å²) in [5.41, 5.74) is 0. The number of carbonyl (C=O) groups is 1. The summed E-state index contributed by atoms with van der Waals surface area (Å²) in [5.74, 6) is 0.842. The lowest BCUT2D eigenvalue weighted by molar-refractivity contribution is -0.120. The fraction of sp³-hybridized carbons (Fsp3) is 0.900. The number of hydrogen-bond donors (Lipinski definition) is 2. The van der Waals surface area contributed by atoms with Crippen LogP contribution in [0.1, 0.15) is 19.8 Å². The molecular weight excluding hydrogens is 180 g/mol. The SMILES string of the molecule is CCNCC(=O)NCCOCC1CC1. The minimum absolute atomic E-state index is 0.0434. The summed E-state index contributed by atoms with van der Waals surface area (Å²) in [4.78, 5) is 11.1. The van der Waals surface area contributed by atoms with Gasteiger partial charge < -0.3 is 15.4 Å². The molecular formula is C10H20N2O2. The van der Waals surface area contributed by atoms with E-state index in [1.165, 1.54) is 12.8 Å². The number of carbonyl (C=O) groups excluding carboxylic acids is 1. The van der Waals surface area contributed by atoms with Crippen molar-refractivity contribution in [3.05, 3.63) is 0 Å². The number of hydrogen-bond acceptors (Lipinski definition) is 3. The molecule has 1 aliphatic carbocycles. The van der Waals surface area contributed by atoms with E-state index in [0.29, 0.717) is 19.7 Å². The van der Waals surface area contributed by atoms with Gasteiger partial charge in [-0.05, 0) is 25.3 Å². The molecule has 0 aliphatic heterocycles. The van der Waals surface area contributed by atoms with E-state index in [0.717, 1.165) is 19.1 Å². The first-order chi connectivity index (χ1) is 6.83. The van der Waals surface area contributed by atoms with Crippen molar-refractivity contribution in [3.63, 3.8) is 0 Å². The van der Waals surface area contributed by atoms with Crippen molar-refractivity contribution in [1.29, 1.82) is 0 Å². The van der Waals surface area contributed by atoms with Gasteiger partial charge >= 0.3 is 0 Å². The summed E-state index contributed by atoms with van der Waals surface area (Å²) in [5, 5.41) is 5.75. The Morgan fingerprint density at radius 1 is 1.50 bits per heavy atom. The molecule has 0 saturated heterocycles. The average Bonchev–Trinajstić information content (AvgIpc) is 2.98. The van der Waals surface area contributed by atoms with Crippen molar-refractivity contribution < 1.29 is 9.53 Å². The molecule has 4 nitrogen and oxygen atoms in total. The second kappa shape index (κ2) is 6.79. The van der Waals surface area contributed by atoms with Crippen LogP contribution in [0.5, 0.6) is 0 Å². The lowest BCUT2D eigenvalue weighted by Gasteiger charge is -2.05. The molecule has 0 aromatic carbocycles. The summed E-state index contributed by atoms with van der Waals surface area (Å²) >= 11 is 0. The largest absolute Gasteiger partial charge is 0.379 e. The van der Waals surface area contributed by atoms with Crippen molar-refractivity contribution in [2.24, 2.45) is 5.92 Å². The van der Waals surface area contributed by atoms with E-state index >= 15 is 0 Å². The first-order valence-corrected chi connectivity index (χ1v) is 5.38. The summed E-state index contributed by atoms with van der Waals surface area (Å²) in [6.07, 6.45) is 2.62. The van der Waals surface area contributed by atoms with Crippen molar-refractivity contribution in [2.45, 2.75) is 19.8 Å². The van der Waals surface area contributed by atoms with E-state index in [1.54, 1.807) is 0 Å². The molecule has 0 spiro atoms. The van der Waals surface area contributed by atoms with Gasteiger partial charge in [0, 0.05) is 13.2 Å². The standard InChI is InChI=1S/C10H20N2O2/c1-2-11-7-10(13)12-5-6-14-8-9-3-4-9/h9,11H,2-8H2,1H3,(H,12,13). The van der Waals surface area contributed by atoms with E-state index in [1.807, 2.05) is 6.92 Å². The first kappa shape index (κ1) is 11.5. The highest BCUT2D eigenvalue weighted by Crippen LogP contribution is 2.28. The number of likely N-dealkylation sites (N-methyl/N-ethyl adjacent to an activating group) is 1. The Bertz CT molecular complexity index is 170. The Labute approximate surface area is 85.4 Å².